The van der Waals surface area contributed by atoms with E-state index in [1.165, 1.54) is 0 Å². The minimum absolute atomic E-state index is 0.154. The van der Waals surface area contributed by atoms with Crippen LogP contribution in [0.25, 0.3) is 10.9 Å². The van der Waals surface area contributed by atoms with Gasteiger partial charge in [0.15, 0.2) is 0 Å². The molecule has 1 aromatic carbocycles. The fourth-order valence-corrected chi connectivity index (χ4v) is 2.19. The van der Waals surface area contributed by atoms with Gasteiger partial charge in [-0.15, -0.1) is 0 Å². The third-order valence-electron chi connectivity index (χ3n) is 3.14. The van der Waals surface area contributed by atoms with Crippen molar-refractivity contribution in [1.29, 1.82) is 0 Å². The Bertz CT molecular complexity index is 704. The fourth-order valence-electron chi connectivity index (χ4n) is 2.19. The molecule has 19 heavy (non-hydrogen) atoms. The predicted octanol–water partition coefficient (Wildman–Crippen LogP) is 1.52. The molecule has 0 amide bonds. The van der Waals surface area contributed by atoms with Gasteiger partial charge in [-0.2, -0.15) is 5.10 Å². The first-order valence-corrected chi connectivity index (χ1v) is 6.08. The van der Waals surface area contributed by atoms with Crippen molar-refractivity contribution >= 4 is 10.9 Å². The predicted molar refractivity (Wildman–Crippen MR) is 74.1 cm³/mol. The molecule has 2 heterocycles. The Labute approximate surface area is 111 Å². The second-order valence-electron chi connectivity index (χ2n) is 4.48. The van der Waals surface area contributed by atoms with Crippen LogP contribution in [0.15, 0.2) is 48.8 Å². The van der Waals surface area contributed by atoms with Gasteiger partial charge in [-0.25, -0.2) is 5.43 Å². The van der Waals surface area contributed by atoms with E-state index >= 15 is 0 Å². The molecule has 0 aliphatic heterocycles. The van der Waals surface area contributed by atoms with Crippen molar-refractivity contribution in [3.8, 4) is 0 Å². The van der Waals surface area contributed by atoms with E-state index in [1.807, 2.05) is 49.8 Å². The molecule has 0 aliphatic carbocycles. The highest BCUT2D eigenvalue weighted by Gasteiger charge is 2.15. The van der Waals surface area contributed by atoms with Crippen LogP contribution in [0.4, 0.5) is 0 Å². The number of hydrazine groups is 1. The lowest BCUT2D eigenvalue weighted by atomic mass is 10.0. The summed E-state index contributed by atoms with van der Waals surface area (Å²) in [4.78, 5) is 4.45. The molecule has 0 spiro atoms. The van der Waals surface area contributed by atoms with Crippen LogP contribution in [0.3, 0.4) is 0 Å². The first kappa shape index (κ1) is 11.8. The number of aryl methyl sites for hydroxylation is 1. The number of aromatic nitrogens is 3. The number of fused-ring (bicyclic) bond motifs is 1. The molecule has 0 aliphatic rings. The molecule has 5 nitrogen and oxygen atoms in total. The van der Waals surface area contributed by atoms with E-state index in [0.717, 1.165) is 22.2 Å². The summed E-state index contributed by atoms with van der Waals surface area (Å²) in [5.74, 6) is 5.66. The van der Waals surface area contributed by atoms with Gasteiger partial charge in [0.2, 0.25) is 0 Å². The van der Waals surface area contributed by atoms with Crippen LogP contribution in [0.5, 0.6) is 0 Å². The molecule has 2 aromatic heterocycles. The topological polar surface area (TPSA) is 68.8 Å². The average molecular weight is 253 g/mol. The van der Waals surface area contributed by atoms with Crippen molar-refractivity contribution in [2.24, 2.45) is 12.9 Å². The summed E-state index contributed by atoms with van der Waals surface area (Å²) in [6.07, 6.45) is 3.73. The van der Waals surface area contributed by atoms with Crippen LogP contribution in [-0.2, 0) is 7.05 Å². The summed E-state index contributed by atoms with van der Waals surface area (Å²) in [6, 6.07) is 11.9. The third kappa shape index (κ3) is 2.21. The van der Waals surface area contributed by atoms with Crippen molar-refractivity contribution in [1.82, 2.24) is 20.2 Å². The molecule has 0 saturated heterocycles. The second kappa shape index (κ2) is 4.79. The minimum atomic E-state index is -0.154. The molecule has 1 atom stereocenters. The second-order valence-corrected chi connectivity index (χ2v) is 4.48. The molecule has 3 N–H and O–H groups in total. The average Bonchev–Trinajstić information content (AvgIpc) is 2.86. The maximum atomic E-state index is 5.66. The maximum absolute atomic E-state index is 5.66. The summed E-state index contributed by atoms with van der Waals surface area (Å²) < 4.78 is 1.76. The zero-order chi connectivity index (χ0) is 13.2. The van der Waals surface area contributed by atoms with Crippen LogP contribution in [-0.4, -0.2) is 14.8 Å². The molecule has 96 valence electrons. The molecule has 3 rings (SSSR count). The van der Waals surface area contributed by atoms with Gasteiger partial charge in [0.25, 0.3) is 0 Å². The van der Waals surface area contributed by atoms with E-state index in [-0.39, 0.29) is 6.04 Å². The highest BCUT2D eigenvalue weighted by molar-refractivity contribution is 5.78. The van der Waals surface area contributed by atoms with E-state index in [1.54, 1.807) is 4.68 Å². The molecular formula is C14H15N5. The van der Waals surface area contributed by atoms with E-state index in [2.05, 4.69) is 21.6 Å². The van der Waals surface area contributed by atoms with Crippen molar-refractivity contribution in [2.45, 2.75) is 6.04 Å². The molecule has 0 saturated carbocycles. The highest BCUT2D eigenvalue weighted by atomic mass is 15.3. The molecule has 1 unspecified atom stereocenters. The van der Waals surface area contributed by atoms with Gasteiger partial charge >= 0.3 is 0 Å². The summed E-state index contributed by atoms with van der Waals surface area (Å²) in [7, 11) is 1.88. The Kier molecular flexibility index (Phi) is 2.98. The maximum Gasteiger partial charge on any atom is 0.0914 e. The number of rotatable bonds is 3. The van der Waals surface area contributed by atoms with Gasteiger partial charge in [-0.05, 0) is 23.8 Å². The Morgan fingerprint density at radius 3 is 2.84 bits per heavy atom. The third-order valence-corrected chi connectivity index (χ3v) is 3.14. The molecule has 5 heteroatoms. The minimum Gasteiger partial charge on any atom is -0.275 e. The standard InChI is InChI=1S/C14H15N5/c1-19-7-6-13(18-19)14(17-15)11-8-10-4-2-3-5-12(10)16-9-11/h2-9,14,17H,15H2,1H3. The number of benzene rings is 1. The van der Waals surface area contributed by atoms with Gasteiger partial charge in [-0.1, -0.05) is 18.2 Å². The van der Waals surface area contributed by atoms with Gasteiger partial charge in [-0.3, -0.25) is 15.5 Å². The van der Waals surface area contributed by atoms with Crippen molar-refractivity contribution < 1.29 is 0 Å². The van der Waals surface area contributed by atoms with Crippen molar-refractivity contribution in [3.05, 3.63) is 60.0 Å². The summed E-state index contributed by atoms with van der Waals surface area (Å²) in [6.45, 7) is 0. The zero-order valence-electron chi connectivity index (χ0n) is 10.6. The van der Waals surface area contributed by atoms with E-state index in [9.17, 15) is 0 Å². The molecule has 0 fully saturated rings. The molecule has 3 aromatic rings. The Morgan fingerprint density at radius 2 is 2.11 bits per heavy atom. The number of pyridine rings is 1. The Hall–Kier alpha value is -2.24. The number of hydrogen-bond donors (Lipinski definition) is 2. The monoisotopic (exact) mass is 253 g/mol. The normalized spacial score (nSPS) is 12.7. The first-order valence-electron chi connectivity index (χ1n) is 6.08. The Balaban J connectivity index is 2.06. The summed E-state index contributed by atoms with van der Waals surface area (Å²) in [5, 5.41) is 5.48. The van der Waals surface area contributed by atoms with Crippen molar-refractivity contribution in [2.75, 3.05) is 0 Å². The van der Waals surface area contributed by atoms with Gasteiger partial charge in [0.1, 0.15) is 0 Å². The zero-order valence-corrected chi connectivity index (χ0v) is 10.6. The highest BCUT2D eigenvalue weighted by Crippen LogP contribution is 2.22. The summed E-state index contributed by atoms with van der Waals surface area (Å²) in [5.41, 5.74) is 5.65. The lowest BCUT2D eigenvalue weighted by Gasteiger charge is -2.14. The SMILES string of the molecule is Cn1ccc(C(NN)c2cnc3ccccc3c2)n1. The van der Waals surface area contributed by atoms with Crippen molar-refractivity contribution in [3.63, 3.8) is 0 Å². The van der Waals surface area contributed by atoms with Gasteiger partial charge in [0, 0.05) is 24.8 Å². The smallest absolute Gasteiger partial charge is 0.0914 e. The van der Waals surface area contributed by atoms with Gasteiger partial charge < -0.3 is 0 Å². The van der Waals surface area contributed by atoms with E-state index in [4.69, 9.17) is 5.84 Å². The number of nitrogens with two attached hydrogens (primary N) is 1. The lowest BCUT2D eigenvalue weighted by Crippen LogP contribution is -2.29. The molecule has 0 bridgehead atoms. The van der Waals surface area contributed by atoms with Crippen LogP contribution < -0.4 is 11.3 Å². The molecular weight excluding hydrogens is 238 g/mol. The van der Waals surface area contributed by atoms with Crippen LogP contribution in [0, 0.1) is 0 Å². The largest absolute Gasteiger partial charge is 0.275 e. The number of hydrogen-bond acceptors (Lipinski definition) is 4. The van der Waals surface area contributed by atoms with Crippen LogP contribution in [0.2, 0.25) is 0 Å². The van der Waals surface area contributed by atoms with Gasteiger partial charge in [0.05, 0.1) is 17.3 Å². The fraction of sp³-hybridized carbons (Fsp3) is 0.143. The van der Waals surface area contributed by atoms with Crippen LogP contribution >= 0.6 is 0 Å². The van der Waals surface area contributed by atoms with Crippen LogP contribution in [0.1, 0.15) is 17.3 Å². The lowest BCUT2D eigenvalue weighted by molar-refractivity contribution is 0.602. The van der Waals surface area contributed by atoms with E-state index < -0.39 is 0 Å². The number of para-hydroxylation sites is 1. The Morgan fingerprint density at radius 1 is 1.26 bits per heavy atom. The first-order chi connectivity index (χ1) is 9.28. The number of nitrogens with one attached hydrogen (secondary N) is 1. The number of nitrogens with zero attached hydrogens (tertiary/aromatic N) is 3. The molecule has 0 radical (unpaired) electrons. The summed E-state index contributed by atoms with van der Waals surface area (Å²) >= 11 is 0. The quantitative estimate of drug-likeness (QED) is 0.548. The van der Waals surface area contributed by atoms with E-state index in [0.29, 0.717) is 0 Å².